The van der Waals surface area contributed by atoms with Gasteiger partial charge >= 0.3 is 6.09 Å². The fourth-order valence-electron chi connectivity index (χ4n) is 7.03. The maximum Gasteiger partial charge on any atom is 0.407 e. The van der Waals surface area contributed by atoms with Crippen molar-refractivity contribution in [2.24, 2.45) is 14.1 Å². The van der Waals surface area contributed by atoms with Crippen LogP contribution in [-0.2, 0) is 28.4 Å². The molecule has 3 aromatic heterocycles. The van der Waals surface area contributed by atoms with Crippen LogP contribution in [0.1, 0.15) is 95.9 Å². The number of carbonyl (C=O) groups is 6. The average Bonchev–Trinajstić information content (AvgIpc) is 3.98. The number of phenols is 1. The zero-order chi connectivity index (χ0) is 44.7. The topological polar surface area (TPSA) is 218 Å². The van der Waals surface area contributed by atoms with Gasteiger partial charge in [0.2, 0.25) is 11.8 Å². The first-order valence-electron chi connectivity index (χ1n) is 20.2. The molecule has 0 saturated heterocycles. The number of aromatic nitrogens is 2. The Labute approximate surface area is 363 Å². The van der Waals surface area contributed by atoms with Gasteiger partial charge in [-0.3, -0.25) is 24.0 Å². The maximum atomic E-state index is 13.5. The van der Waals surface area contributed by atoms with Crippen LogP contribution in [0.15, 0.2) is 71.4 Å². The summed E-state index contributed by atoms with van der Waals surface area (Å²) in [5.41, 5.74) is 3.25. The molecule has 6 rings (SSSR count). The van der Waals surface area contributed by atoms with Crippen LogP contribution in [0, 0.1) is 0 Å². The second-order valence-corrected chi connectivity index (χ2v) is 16.4. The van der Waals surface area contributed by atoms with Gasteiger partial charge in [-0.05, 0) is 88.1 Å². The van der Waals surface area contributed by atoms with Gasteiger partial charge in [-0.25, -0.2) is 4.79 Å². The quantitative estimate of drug-likeness (QED) is 0.0452. The van der Waals surface area contributed by atoms with Crippen LogP contribution in [0.2, 0.25) is 0 Å². The summed E-state index contributed by atoms with van der Waals surface area (Å²) < 4.78 is 14.2. The van der Waals surface area contributed by atoms with Crippen molar-refractivity contribution < 1.29 is 43.0 Å². The van der Waals surface area contributed by atoms with Gasteiger partial charge in [0, 0.05) is 87.9 Å². The molecule has 0 aliphatic carbocycles. The molecule has 328 valence electrons. The molecule has 1 atom stereocenters. The normalized spacial score (nSPS) is 13.4. The molecule has 0 fully saturated rings. The Morgan fingerprint density at radius 3 is 2.06 bits per heavy atom. The third kappa shape index (κ3) is 11.3. The molecule has 0 radical (unpaired) electrons. The molecule has 18 heteroatoms. The smallest absolute Gasteiger partial charge is 0.407 e. The molecule has 62 heavy (non-hydrogen) atoms. The lowest BCUT2D eigenvalue weighted by Gasteiger charge is -2.19. The van der Waals surface area contributed by atoms with Crippen molar-refractivity contribution in [3.05, 3.63) is 89.7 Å². The van der Waals surface area contributed by atoms with Gasteiger partial charge in [-0.15, -0.1) is 11.6 Å². The lowest BCUT2D eigenvalue weighted by Crippen LogP contribution is -2.33. The first-order chi connectivity index (χ1) is 29.5. The Kier molecular flexibility index (Phi) is 14.0. The molecule has 0 spiro atoms. The standard InChI is InChI=1S/C44H51ClN8O9/c1-44(2,3)62-43(60)47-16-7-6-15-46-40(57)34-20-30(25-51(34)4)50-41(58)35-19-29(24-52(35)5)49-39(56)10-8-9-38(55)48-28-11-14-36-26(17-28)18-37(61-36)42(59)53-23-27(22-45)32-13-12-31(54)21-33(32)53/h11-14,17-21,24-25,27,54H,6-10,15-16,22-23H2,1-5H3,(H,46,57)(H,47,60)(H,48,55)(H,49,56)(H,50,58). The zero-order valence-corrected chi connectivity index (χ0v) is 36.0. The first-order valence-corrected chi connectivity index (χ1v) is 20.7. The number of alkyl halides is 1. The Bertz CT molecular complexity index is 2500. The third-order valence-electron chi connectivity index (χ3n) is 9.97. The molecule has 2 aromatic carbocycles. The van der Waals surface area contributed by atoms with Crippen molar-refractivity contribution in [2.75, 3.05) is 46.4 Å². The highest BCUT2D eigenvalue weighted by Gasteiger charge is 2.34. The van der Waals surface area contributed by atoms with Crippen LogP contribution in [0.4, 0.5) is 27.5 Å². The number of aryl methyl sites for hydroxylation is 2. The van der Waals surface area contributed by atoms with E-state index in [0.29, 0.717) is 77.8 Å². The van der Waals surface area contributed by atoms with Crippen LogP contribution < -0.4 is 31.5 Å². The molecule has 1 aliphatic rings. The predicted octanol–water partition coefficient (Wildman–Crippen LogP) is 6.83. The van der Waals surface area contributed by atoms with E-state index < -0.39 is 17.6 Å². The van der Waals surface area contributed by atoms with E-state index in [1.165, 1.54) is 12.1 Å². The fourth-order valence-corrected chi connectivity index (χ4v) is 7.29. The third-order valence-corrected chi connectivity index (χ3v) is 10.3. The highest BCUT2D eigenvalue weighted by atomic mass is 35.5. The number of nitrogens with zero attached hydrogens (tertiary/aromatic N) is 3. The van der Waals surface area contributed by atoms with E-state index in [1.54, 1.807) is 104 Å². The van der Waals surface area contributed by atoms with Gasteiger partial charge in [0.05, 0.1) is 17.1 Å². The molecule has 6 amide bonds. The lowest BCUT2D eigenvalue weighted by atomic mass is 10.0. The van der Waals surface area contributed by atoms with Crippen LogP contribution >= 0.6 is 11.6 Å². The highest BCUT2D eigenvalue weighted by Crippen LogP contribution is 2.40. The minimum Gasteiger partial charge on any atom is -0.508 e. The number of carbonyl (C=O) groups excluding carboxylic acids is 6. The van der Waals surface area contributed by atoms with E-state index in [2.05, 4.69) is 26.6 Å². The van der Waals surface area contributed by atoms with Crippen LogP contribution in [0.25, 0.3) is 11.0 Å². The number of nitrogens with one attached hydrogen (secondary N) is 5. The summed E-state index contributed by atoms with van der Waals surface area (Å²) in [6, 6.07) is 14.6. The summed E-state index contributed by atoms with van der Waals surface area (Å²) in [7, 11) is 3.36. The van der Waals surface area contributed by atoms with Crippen molar-refractivity contribution in [1.82, 2.24) is 19.8 Å². The number of anilines is 4. The minimum atomic E-state index is -0.576. The van der Waals surface area contributed by atoms with E-state index in [4.69, 9.17) is 20.8 Å². The summed E-state index contributed by atoms with van der Waals surface area (Å²) in [5, 5.41) is 24.6. The SMILES string of the molecule is Cn1cc(NC(=O)c2cc(NC(=O)CCCC(=O)Nc3ccc4oc(C(=O)N5CC(CCl)c6ccc(O)cc65)cc4c3)cn2C)cc1C(=O)NCCCCNC(=O)OC(C)(C)C. The number of hydrogen-bond acceptors (Lipinski definition) is 9. The molecule has 1 aliphatic heterocycles. The van der Waals surface area contributed by atoms with Crippen molar-refractivity contribution in [1.29, 1.82) is 0 Å². The number of ether oxygens (including phenoxy) is 1. The number of unbranched alkanes of at least 4 members (excludes halogenated alkanes) is 1. The number of fused-ring (bicyclic) bond motifs is 2. The largest absolute Gasteiger partial charge is 0.508 e. The van der Waals surface area contributed by atoms with Crippen LogP contribution in [-0.4, -0.2) is 81.0 Å². The minimum absolute atomic E-state index is 0.0389. The molecule has 1 unspecified atom stereocenters. The predicted molar refractivity (Wildman–Crippen MR) is 235 cm³/mol. The first kappa shape index (κ1) is 44.8. The maximum absolute atomic E-state index is 13.5. The molecule has 0 bridgehead atoms. The summed E-state index contributed by atoms with van der Waals surface area (Å²) in [5.74, 6) is -1.40. The molecular weight excluding hydrogens is 820 g/mol. The molecule has 4 heterocycles. The number of rotatable bonds is 16. The van der Waals surface area contributed by atoms with Gasteiger partial charge in [0.25, 0.3) is 17.7 Å². The zero-order valence-electron chi connectivity index (χ0n) is 35.2. The lowest BCUT2D eigenvalue weighted by molar-refractivity contribution is -0.117. The van der Waals surface area contributed by atoms with E-state index in [9.17, 15) is 33.9 Å². The number of alkyl carbamates (subject to hydrolysis) is 1. The Balaban J connectivity index is 0.922. The monoisotopic (exact) mass is 870 g/mol. The number of amides is 6. The summed E-state index contributed by atoms with van der Waals surface area (Å²) in [6.07, 6.45) is 4.39. The van der Waals surface area contributed by atoms with Gasteiger partial charge in [0.1, 0.15) is 28.3 Å². The van der Waals surface area contributed by atoms with E-state index >= 15 is 0 Å². The van der Waals surface area contributed by atoms with Crippen molar-refractivity contribution >= 4 is 80.9 Å². The highest BCUT2D eigenvalue weighted by molar-refractivity contribution is 6.19. The van der Waals surface area contributed by atoms with Crippen LogP contribution in [0.5, 0.6) is 5.75 Å². The number of benzene rings is 2. The summed E-state index contributed by atoms with van der Waals surface area (Å²) >= 11 is 6.16. The van der Waals surface area contributed by atoms with Gasteiger partial charge in [-0.2, -0.15) is 0 Å². The van der Waals surface area contributed by atoms with E-state index in [1.807, 2.05) is 0 Å². The number of aromatic hydroxyl groups is 1. The Morgan fingerprint density at radius 2 is 1.40 bits per heavy atom. The van der Waals surface area contributed by atoms with Crippen molar-refractivity contribution in [2.45, 2.75) is 64.4 Å². The molecule has 5 aromatic rings. The van der Waals surface area contributed by atoms with Crippen molar-refractivity contribution in [3.63, 3.8) is 0 Å². The number of halogens is 1. The molecule has 0 saturated carbocycles. The fraction of sp³-hybridized carbons (Fsp3) is 0.364. The second-order valence-electron chi connectivity index (χ2n) is 16.1. The van der Waals surface area contributed by atoms with Gasteiger partial charge in [0.15, 0.2) is 5.76 Å². The van der Waals surface area contributed by atoms with Gasteiger partial charge < -0.3 is 54.9 Å². The number of furan rings is 1. The van der Waals surface area contributed by atoms with Crippen LogP contribution in [0.3, 0.4) is 0 Å². The summed E-state index contributed by atoms with van der Waals surface area (Å²) in [4.78, 5) is 78.4. The summed E-state index contributed by atoms with van der Waals surface area (Å²) in [6.45, 7) is 6.52. The second kappa shape index (κ2) is 19.3. The van der Waals surface area contributed by atoms with Crippen molar-refractivity contribution in [3.8, 4) is 5.75 Å². The molecule has 6 N–H and O–H groups in total. The van der Waals surface area contributed by atoms with E-state index in [-0.39, 0.29) is 66.0 Å². The average molecular weight is 871 g/mol. The Hall–Kier alpha value is -6.75. The van der Waals surface area contributed by atoms with E-state index in [0.717, 1.165) is 5.56 Å². The molecule has 17 nitrogen and oxygen atoms in total. The number of phenolic OH excluding ortho intramolecular Hbond substituents is 1. The Morgan fingerprint density at radius 1 is 0.774 bits per heavy atom. The molecular formula is C44H51ClN8O9. The van der Waals surface area contributed by atoms with Gasteiger partial charge in [-0.1, -0.05) is 6.07 Å². The number of hydrogen-bond donors (Lipinski definition) is 6.